The molecule has 0 bridgehead atoms. The Morgan fingerprint density at radius 1 is 0.938 bits per heavy atom. The molecule has 0 unspecified atom stereocenters. The van der Waals surface area contributed by atoms with Crippen molar-refractivity contribution in [1.29, 1.82) is 0 Å². The summed E-state index contributed by atoms with van der Waals surface area (Å²) in [5.74, 6) is 0.707. The lowest BCUT2D eigenvalue weighted by Gasteiger charge is -2.15. The highest BCUT2D eigenvalue weighted by molar-refractivity contribution is 6.36. The van der Waals surface area contributed by atoms with Crippen molar-refractivity contribution >= 4 is 23.1 Å². The van der Waals surface area contributed by atoms with Crippen molar-refractivity contribution in [3.8, 4) is 11.5 Å². The Morgan fingerprint density at radius 3 is 2.41 bits per heavy atom. The molecule has 2 amide bonds. The number of amides is 2. The minimum absolute atomic E-state index is 0.252. The molecular weight excluding hydrogens is 408 g/mol. The molecule has 32 heavy (non-hydrogen) atoms. The number of rotatable bonds is 12. The Bertz CT molecular complexity index is 969. The fourth-order valence-corrected chi connectivity index (χ4v) is 3.41. The van der Waals surface area contributed by atoms with E-state index in [1.807, 2.05) is 56.3 Å². The van der Waals surface area contributed by atoms with Crippen LogP contribution in [-0.2, 0) is 14.3 Å². The molecule has 7 heteroatoms. The van der Waals surface area contributed by atoms with Crippen LogP contribution in [0.5, 0.6) is 11.5 Å². The van der Waals surface area contributed by atoms with E-state index in [-0.39, 0.29) is 17.5 Å². The average molecular weight is 439 g/mol. The van der Waals surface area contributed by atoms with E-state index >= 15 is 0 Å². The molecule has 0 fully saturated rings. The van der Waals surface area contributed by atoms with Gasteiger partial charge in [0, 0.05) is 31.5 Å². The Morgan fingerprint density at radius 2 is 1.72 bits per heavy atom. The Kier molecular flexibility index (Phi) is 8.27. The van der Waals surface area contributed by atoms with Gasteiger partial charge in [-0.05, 0) is 49.6 Å². The molecular formula is C25H30N2O5. The summed E-state index contributed by atoms with van der Waals surface area (Å²) >= 11 is 0. The van der Waals surface area contributed by atoms with E-state index in [2.05, 4.69) is 5.32 Å². The topological polar surface area (TPSA) is 77.1 Å². The summed E-state index contributed by atoms with van der Waals surface area (Å²) in [6.45, 7) is 5.96. The molecule has 2 aromatic rings. The number of carbonyl (C=O) groups is 2. The van der Waals surface area contributed by atoms with Crippen LogP contribution in [0.4, 0.5) is 5.69 Å². The van der Waals surface area contributed by atoms with Crippen molar-refractivity contribution in [3.63, 3.8) is 0 Å². The molecule has 0 aliphatic carbocycles. The molecule has 1 aliphatic heterocycles. The number of ether oxygens (including phenoxy) is 3. The summed E-state index contributed by atoms with van der Waals surface area (Å²) < 4.78 is 16.3. The minimum Gasteiger partial charge on any atom is -0.497 e. The number of nitrogens with zero attached hydrogens (tertiary/aromatic N) is 1. The summed E-state index contributed by atoms with van der Waals surface area (Å²) in [7, 11) is 1.58. The Hall–Kier alpha value is -3.32. The number of benzene rings is 2. The molecule has 1 heterocycles. The van der Waals surface area contributed by atoms with Crippen molar-refractivity contribution in [2.45, 2.75) is 26.7 Å². The largest absolute Gasteiger partial charge is 0.497 e. The van der Waals surface area contributed by atoms with Crippen LogP contribution in [0.25, 0.3) is 5.57 Å². The van der Waals surface area contributed by atoms with Gasteiger partial charge in [0.25, 0.3) is 11.8 Å². The SMILES string of the molecule is CCCOc1ccc(C2=C(Nc3cccc(OC)c3)C(=O)N(CCCOCC)C2=O)cc1. The van der Waals surface area contributed by atoms with Crippen molar-refractivity contribution in [3.05, 3.63) is 59.8 Å². The lowest BCUT2D eigenvalue weighted by molar-refractivity contribution is -0.137. The normalized spacial score (nSPS) is 13.7. The van der Waals surface area contributed by atoms with Crippen LogP contribution in [0.1, 0.15) is 32.3 Å². The average Bonchev–Trinajstić information content (AvgIpc) is 3.05. The predicted octanol–water partition coefficient (Wildman–Crippen LogP) is 4.10. The number of anilines is 1. The lowest BCUT2D eigenvalue weighted by Crippen LogP contribution is -2.34. The van der Waals surface area contributed by atoms with Crippen LogP contribution in [0.2, 0.25) is 0 Å². The third kappa shape index (κ3) is 5.48. The summed E-state index contributed by atoms with van der Waals surface area (Å²) in [6, 6.07) is 14.5. The quantitative estimate of drug-likeness (QED) is 0.397. The van der Waals surface area contributed by atoms with E-state index in [1.54, 1.807) is 13.2 Å². The molecule has 0 saturated heterocycles. The summed E-state index contributed by atoms with van der Waals surface area (Å²) in [6.07, 6.45) is 1.49. The molecule has 0 atom stereocenters. The van der Waals surface area contributed by atoms with E-state index in [9.17, 15) is 9.59 Å². The fraction of sp³-hybridized carbons (Fsp3) is 0.360. The summed E-state index contributed by atoms with van der Waals surface area (Å²) in [4.78, 5) is 27.8. The molecule has 1 N–H and O–H groups in total. The van der Waals surface area contributed by atoms with Crippen molar-refractivity contribution in [2.24, 2.45) is 0 Å². The van der Waals surface area contributed by atoms with Crippen LogP contribution in [0, 0.1) is 0 Å². The van der Waals surface area contributed by atoms with Gasteiger partial charge in [-0.3, -0.25) is 14.5 Å². The molecule has 1 aliphatic rings. The first-order chi connectivity index (χ1) is 15.6. The number of carbonyl (C=O) groups excluding carboxylic acids is 2. The van der Waals surface area contributed by atoms with Crippen molar-refractivity contribution in [2.75, 3.05) is 38.8 Å². The Balaban J connectivity index is 1.91. The van der Waals surface area contributed by atoms with Gasteiger partial charge in [0.15, 0.2) is 0 Å². The third-order valence-corrected chi connectivity index (χ3v) is 5.00. The highest BCUT2D eigenvalue weighted by Gasteiger charge is 2.38. The monoisotopic (exact) mass is 438 g/mol. The highest BCUT2D eigenvalue weighted by atomic mass is 16.5. The molecule has 0 aromatic heterocycles. The van der Waals surface area contributed by atoms with Crippen LogP contribution in [0.3, 0.4) is 0 Å². The standard InChI is InChI=1S/C25H30N2O5/c1-4-15-32-20-12-10-18(11-13-20)22-23(26-19-8-6-9-21(17-19)30-3)25(29)27(24(22)28)14-7-16-31-5-2/h6,8-13,17,26H,4-5,7,14-16H2,1-3H3. The molecule has 0 saturated carbocycles. The highest BCUT2D eigenvalue weighted by Crippen LogP contribution is 2.32. The lowest BCUT2D eigenvalue weighted by atomic mass is 10.0. The van der Waals surface area contributed by atoms with Crippen molar-refractivity contribution < 1.29 is 23.8 Å². The van der Waals surface area contributed by atoms with Gasteiger partial charge < -0.3 is 19.5 Å². The second-order valence-electron chi connectivity index (χ2n) is 7.29. The number of imide groups is 1. The maximum atomic E-state index is 13.3. The maximum Gasteiger partial charge on any atom is 0.278 e. The molecule has 0 radical (unpaired) electrons. The minimum atomic E-state index is -0.351. The molecule has 170 valence electrons. The maximum absolute atomic E-state index is 13.3. The predicted molar refractivity (Wildman–Crippen MR) is 124 cm³/mol. The number of hydrogen-bond donors (Lipinski definition) is 1. The van der Waals surface area contributed by atoms with E-state index in [0.29, 0.717) is 55.4 Å². The summed E-state index contributed by atoms with van der Waals surface area (Å²) in [5.41, 5.74) is 1.92. The second kappa shape index (κ2) is 11.3. The van der Waals surface area contributed by atoms with Gasteiger partial charge in [0.2, 0.25) is 0 Å². The van der Waals surface area contributed by atoms with Crippen LogP contribution in [-0.4, -0.2) is 50.2 Å². The van der Waals surface area contributed by atoms with Gasteiger partial charge in [-0.25, -0.2) is 0 Å². The number of hydrogen-bond acceptors (Lipinski definition) is 6. The third-order valence-electron chi connectivity index (χ3n) is 5.00. The zero-order valence-electron chi connectivity index (χ0n) is 18.8. The van der Waals surface area contributed by atoms with Crippen molar-refractivity contribution in [1.82, 2.24) is 4.90 Å². The van der Waals surface area contributed by atoms with Gasteiger partial charge in [0.1, 0.15) is 17.2 Å². The van der Waals surface area contributed by atoms with E-state index in [1.165, 1.54) is 4.90 Å². The van der Waals surface area contributed by atoms with Gasteiger partial charge in [-0.15, -0.1) is 0 Å². The first-order valence-electron chi connectivity index (χ1n) is 10.9. The van der Waals surface area contributed by atoms with Crippen LogP contribution in [0.15, 0.2) is 54.2 Å². The fourth-order valence-electron chi connectivity index (χ4n) is 3.41. The van der Waals surface area contributed by atoms with E-state index in [0.717, 1.165) is 12.2 Å². The molecule has 3 rings (SSSR count). The number of methoxy groups -OCH3 is 1. The number of nitrogens with one attached hydrogen (secondary N) is 1. The zero-order chi connectivity index (χ0) is 22.9. The van der Waals surface area contributed by atoms with Gasteiger partial charge in [-0.2, -0.15) is 0 Å². The molecule has 7 nitrogen and oxygen atoms in total. The smallest absolute Gasteiger partial charge is 0.278 e. The Labute approximate surface area is 189 Å². The molecule has 0 spiro atoms. The van der Waals surface area contributed by atoms with Gasteiger partial charge >= 0.3 is 0 Å². The zero-order valence-corrected chi connectivity index (χ0v) is 18.8. The van der Waals surface area contributed by atoms with Gasteiger partial charge in [-0.1, -0.05) is 25.1 Å². The van der Waals surface area contributed by atoms with E-state index in [4.69, 9.17) is 14.2 Å². The second-order valence-corrected chi connectivity index (χ2v) is 7.29. The van der Waals surface area contributed by atoms with Crippen LogP contribution >= 0.6 is 0 Å². The van der Waals surface area contributed by atoms with E-state index < -0.39 is 0 Å². The van der Waals surface area contributed by atoms with Crippen LogP contribution < -0.4 is 14.8 Å². The summed E-state index contributed by atoms with van der Waals surface area (Å²) in [5, 5.41) is 3.15. The molecule has 2 aromatic carbocycles. The van der Waals surface area contributed by atoms with Gasteiger partial charge in [0.05, 0.1) is 19.3 Å². The first-order valence-corrected chi connectivity index (χ1v) is 10.9. The first kappa shape index (κ1) is 23.3.